The van der Waals surface area contributed by atoms with Gasteiger partial charge >= 0.3 is 0 Å². The summed E-state index contributed by atoms with van der Waals surface area (Å²) in [5, 5.41) is 3.99. The van der Waals surface area contributed by atoms with Gasteiger partial charge in [0.05, 0.1) is 23.4 Å². The zero-order valence-electron chi connectivity index (χ0n) is 20.2. The largest absolute Gasteiger partial charge is 0.488 e. The summed E-state index contributed by atoms with van der Waals surface area (Å²) in [5.41, 5.74) is 4.41. The molecule has 0 bridgehead atoms. The molecule has 1 fully saturated rings. The van der Waals surface area contributed by atoms with Crippen LogP contribution in [0.15, 0.2) is 66.3 Å². The number of hydrogen-bond acceptors (Lipinski definition) is 8. The van der Waals surface area contributed by atoms with Crippen LogP contribution >= 0.6 is 22.7 Å². The number of nitrogens with zero attached hydrogens (tertiary/aromatic N) is 4. The normalized spacial score (nSPS) is 18.0. The predicted octanol–water partition coefficient (Wildman–Crippen LogP) is 5.77. The summed E-state index contributed by atoms with van der Waals surface area (Å²) >= 11 is 3.35. The molecule has 1 unspecified atom stereocenters. The summed E-state index contributed by atoms with van der Waals surface area (Å²) in [6.45, 7) is 4.32. The maximum Gasteiger partial charge on any atom is 0.193 e. The summed E-state index contributed by atoms with van der Waals surface area (Å²) in [7, 11) is 0. The van der Waals surface area contributed by atoms with E-state index in [1.54, 1.807) is 22.7 Å². The van der Waals surface area contributed by atoms with Crippen LogP contribution in [0.25, 0.3) is 25.9 Å². The van der Waals surface area contributed by atoms with E-state index in [9.17, 15) is 0 Å². The number of hydrogen-bond donors (Lipinski definition) is 0. The van der Waals surface area contributed by atoms with E-state index in [2.05, 4.69) is 63.1 Å². The summed E-state index contributed by atoms with van der Waals surface area (Å²) in [4.78, 5) is 11.8. The van der Waals surface area contributed by atoms with Crippen LogP contribution < -0.4 is 9.47 Å². The molecule has 1 atom stereocenters. The fourth-order valence-electron chi connectivity index (χ4n) is 4.96. The van der Waals surface area contributed by atoms with Crippen molar-refractivity contribution in [3.05, 3.63) is 77.6 Å². The van der Waals surface area contributed by atoms with E-state index < -0.39 is 0 Å². The lowest BCUT2D eigenvalue weighted by molar-refractivity contribution is 0.137. The lowest BCUT2D eigenvalue weighted by Gasteiger charge is -2.21. The first kappa shape index (κ1) is 22.9. The SMILES string of the molecule is c1ccc2sc(-c3cc4c(c(OC5CCOC5)c3)OCCN(Cc3cccn3-c3nccs3)C4)nc2c1. The van der Waals surface area contributed by atoms with Crippen LogP contribution in [0, 0.1) is 0 Å². The van der Waals surface area contributed by atoms with Crippen LogP contribution in [0.1, 0.15) is 17.7 Å². The third kappa shape index (κ3) is 4.64. The Labute approximate surface area is 222 Å². The first-order valence-electron chi connectivity index (χ1n) is 12.5. The number of aromatic nitrogens is 3. The molecule has 5 aromatic rings. The van der Waals surface area contributed by atoms with Crippen LogP contribution in [-0.2, 0) is 17.8 Å². The first-order valence-corrected chi connectivity index (χ1v) is 14.2. The van der Waals surface area contributed by atoms with Gasteiger partial charge in [-0.25, -0.2) is 9.97 Å². The average molecular weight is 531 g/mol. The highest BCUT2D eigenvalue weighted by atomic mass is 32.1. The van der Waals surface area contributed by atoms with E-state index in [4.69, 9.17) is 19.2 Å². The van der Waals surface area contributed by atoms with Gasteiger partial charge in [0.15, 0.2) is 16.6 Å². The molecule has 0 aliphatic carbocycles. The van der Waals surface area contributed by atoms with Crippen molar-refractivity contribution in [3.63, 3.8) is 0 Å². The molecule has 7 rings (SSSR count). The van der Waals surface area contributed by atoms with Gasteiger partial charge in [-0.3, -0.25) is 9.47 Å². The van der Waals surface area contributed by atoms with Gasteiger partial charge in [-0.2, -0.15) is 0 Å². The smallest absolute Gasteiger partial charge is 0.193 e. The third-order valence-electron chi connectivity index (χ3n) is 6.75. The van der Waals surface area contributed by atoms with Gasteiger partial charge in [0.1, 0.15) is 17.7 Å². The van der Waals surface area contributed by atoms with Gasteiger partial charge < -0.3 is 14.2 Å². The van der Waals surface area contributed by atoms with E-state index in [1.165, 1.54) is 10.4 Å². The molecule has 2 aliphatic heterocycles. The molecule has 1 saturated heterocycles. The molecule has 0 saturated carbocycles. The van der Waals surface area contributed by atoms with E-state index in [1.807, 2.05) is 17.6 Å². The highest BCUT2D eigenvalue weighted by Crippen LogP contribution is 2.41. The van der Waals surface area contributed by atoms with Gasteiger partial charge in [-0.1, -0.05) is 12.1 Å². The zero-order chi connectivity index (χ0) is 24.6. The molecule has 7 nitrogen and oxygen atoms in total. The Kier molecular flexibility index (Phi) is 6.14. The highest BCUT2D eigenvalue weighted by molar-refractivity contribution is 7.21. The highest BCUT2D eigenvalue weighted by Gasteiger charge is 2.26. The number of ether oxygens (including phenoxy) is 3. The Morgan fingerprint density at radius 2 is 2.08 bits per heavy atom. The maximum absolute atomic E-state index is 6.47. The van der Waals surface area contributed by atoms with Crippen molar-refractivity contribution in [1.29, 1.82) is 0 Å². The maximum atomic E-state index is 6.47. The molecule has 0 radical (unpaired) electrons. The van der Waals surface area contributed by atoms with Crippen molar-refractivity contribution >= 4 is 32.9 Å². The van der Waals surface area contributed by atoms with Crippen LogP contribution in [0.4, 0.5) is 0 Å². The minimum atomic E-state index is 0.0410. The van der Waals surface area contributed by atoms with Gasteiger partial charge in [0.25, 0.3) is 0 Å². The van der Waals surface area contributed by atoms with Gasteiger partial charge in [0, 0.05) is 60.6 Å². The van der Waals surface area contributed by atoms with Crippen LogP contribution in [0.3, 0.4) is 0 Å². The quantitative estimate of drug-likeness (QED) is 0.278. The predicted molar refractivity (Wildman–Crippen MR) is 146 cm³/mol. The zero-order valence-corrected chi connectivity index (χ0v) is 21.8. The molecule has 37 heavy (non-hydrogen) atoms. The Balaban J connectivity index is 1.24. The summed E-state index contributed by atoms with van der Waals surface area (Å²) in [6, 6.07) is 16.8. The molecular formula is C28H26N4O3S2. The number of fused-ring (bicyclic) bond motifs is 2. The Hall–Kier alpha value is -3.24. The summed E-state index contributed by atoms with van der Waals surface area (Å²) < 4.78 is 21.8. The van der Waals surface area contributed by atoms with Crippen molar-refractivity contribution in [2.45, 2.75) is 25.6 Å². The van der Waals surface area contributed by atoms with Crippen LogP contribution in [-0.4, -0.2) is 51.9 Å². The topological polar surface area (TPSA) is 61.6 Å². The molecule has 2 aliphatic rings. The fraction of sp³-hybridized carbons (Fsp3) is 0.286. The van der Waals surface area contributed by atoms with Crippen molar-refractivity contribution in [2.75, 3.05) is 26.4 Å². The average Bonchev–Trinajstić information content (AvgIpc) is 3.71. The van der Waals surface area contributed by atoms with Crippen molar-refractivity contribution in [2.24, 2.45) is 0 Å². The second-order valence-electron chi connectivity index (χ2n) is 9.30. The molecule has 5 heterocycles. The lowest BCUT2D eigenvalue weighted by Crippen LogP contribution is -2.26. The van der Waals surface area contributed by atoms with Crippen LogP contribution in [0.2, 0.25) is 0 Å². The van der Waals surface area contributed by atoms with Crippen molar-refractivity contribution < 1.29 is 14.2 Å². The van der Waals surface area contributed by atoms with Gasteiger partial charge in [-0.05, 0) is 36.4 Å². The molecular weight excluding hydrogens is 504 g/mol. The number of rotatable bonds is 6. The van der Waals surface area contributed by atoms with Crippen molar-refractivity contribution in [3.8, 4) is 27.2 Å². The van der Waals surface area contributed by atoms with Gasteiger partial charge in [-0.15, -0.1) is 22.7 Å². The Bertz CT molecular complexity index is 1490. The first-order chi connectivity index (χ1) is 18.3. The molecule has 3 aromatic heterocycles. The molecule has 0 N–H and O–H groups in total. The van der Waals surface area contributed by atoms with Crippen molar-refractivity contribution in [1.82, 2.24) is 19.4 Å². The molecule has 9 heteroatoms. The summed E-state index contributed by atoms with van der Waals surface area (Å²) in [5.74, 6) is 1.63. The van der Waals surface area contributed by atoms with E-state index in [0.29, 0.717) is 13.2 Å². The van der Waals surface area contributed by atoms with E-state index >= 15 is 0 Å². The minimum Gasteiger partial charge on any atom is -0.488 e. The number of benzene rings is 2. The van der Waals surface area contributed by atoms with E-state index in [0.717, 1.165) is 70.9 Å². The second kappa shape index (κ2) is 9.90. The molecule has 0 amide bonds. The summed E-state index contributed by atoms with van der Waals surface area (Å²) in [6.07, 6.45) is 4.86. The molecule has 188 valence electrons. The van der Waals surface area contributed by atoms with Gasteiger partial charge in [0.2, 0.25) is 0 Å². The minimum absolute atomic E-state index is 0.0410. The Morgan fingerprint density at radius 1 is 1.11 bits per heavy atom. The van der Waals surface area contributed by atoms with Crippen LogP contribution in [0.5, 0.6) is 11.5 Å². The number of para-hydroxylation sites is 1. The standard InChI is InChI=1S/C28H26N4O3S2/c1-2-6-25-23(5-1)30-27(37-25)19-14-20-16-31(17-21-4-3-9-32(21)28-29-8-13-36-28)10-12-34-26(20)24(15-19)35-22-7-11-33-18-22/h1-6,8-9,13-15,22H,7,10-12,16-18H2. The van der Waals surface area contributed by atoms with E-state index in [-0.39, 0.29) is 6.10 Å². The molecule has 0 spiro atoms. The fourth-order valence-corrected chi connectivity index (χ4v) is 6.57. The third-order valence-corrected chi connectivity index (χ3v) is 8.60. The molecule has 2 aromatic carbocycles. The number of thiazole rings is 2. The lowest BCUT2D eigenvalue weighted by atomic mass is 10.1. The monoisotopic (exact) mass is 530 g/mol. The Morgan fingerprint density at radius 3 is 2.95 bits per heavy atom. The second-order valence-corrected chi connectivity index (χ2v) is 11.2.